The third-order valence-electron chi connectivity index (χ3n) is 7.36. The second kappa shape index (κ2) is 11.6. The van der Waals surface area contributed by atoms with Crippen molar-refractivity contribution in [1.29, 1.82) is 0 Å². The predicted molar refractivity (Wildman–Crippen MR) is 131 cm³/mol. The summed E-state index contributed by atoms with van der Waals surface area (Å²) >= 11 is 0. The molecule has 1 atom stereocenters. The minimum absolute atomic E-state index is 0.113. The van der Waals surface area contributed by atoms with Gasteiger partial charge in [-0.15, -0.1) is 0 Å². The highest BCUT2D eigenvalue weighted by Crippen LogP contribution is 2.35. The minimum atomic E-state index is -0.601. The van der Waals surface area contributed by atoms with E-state index in [1.54, 1.807) is 18.1 Å². The van der Waals surface area contributed by atoms with Gasteiger partial charge in [-0.1, -0.05) is 25.3 Å². The van der Waals surface area contributed by atoms with Gasteiger partial charge < -0.3 is 25.2 Å². The summed E-state index contributed by atoms with van der Waals surface area (Å²) in [5.74, 6) is -0.883. The number of carbonyl (C=O) groups is 4. The average molecular weight is 485 g/mol. The van der Waals surface area contributed by atoms with E-state index in [-0.39, 0.29) is 18.4 Å². The first-order valence-electron chi connectivity index (χ1n) is 12.8. The number of Topliss-reactive ketones (excluding diaryl/α,β-unsaturated/α-hetero) is 1. The van der Waals surface area contributed by atoms with Crippen molar-refractivity contribution in [1.82, 2.24) is 15.1 Å². The first-order valence-corrected chi connectivity index (χ1v) is 12.8. The highest BCUT2D eigenvalue weighted by molar-refractivity contribution is 6.38. The van der Waals surface area contributed by atoms with E-state index in [1.165, 1.54) is 11.3 Å². The highest BCUT2D eigenvalue weighted by Gasteiger charge is 2.36. The number of benzene rings is 1. The highest BCUT2D eigenvalue weighted by atomic mass is 16.5. The van der Waals surface area contributed by atoms with Crippen molar-refractivity contribution in [3.8, 4) is 5.75 Å². The molecule has 1 unspecified atom stereocenters. The maximum atomic E-state index is 13.4. The van der Waals surface area contributed by atoms with E-state index < -0.39 is 17.6 Å². The van der Waals surface area contributed by atoms with E-state index in [2.05, 4.69) is 10.6 Å². The van der Waals surface area contributed by atoms with Crippen molar-refractivity contribution in [3.05, 3.63) is 23.8 Å². The largest absolute Gasteiger partial charge is 0.497 e. The summed E-state index contributed by atoms with van der Waals surface area (Å²) in [5.41, 5.74) is 1.57. The van der Waals surface area contributed by atoms with Gasteiger partial charge in [-0.3, -0.25) is 19.2 Å². The maximum absolute atomic E-state index is 13.4. The third kappa shape index (κ3) is 6.13. The van der Waals surface area contributed by atoms with E-state index in [0.717, 1.165) is 49.9 Å². The first kappa shape index (κ1) is 25.0. The molecule has 4 rings (SSSR count). The van der Waals surface area contributed by atoms with E-state index in [4.69, 9.17) is 4.74 Å². The van der Waals surface area contributed by atoms with Crippen LogP contribution in [0, 0.1) is 5.92 Å². The van der Waals surface area contributed by atoms with Gasteiger partial charge in [-0.05, 0) is 36.8 Å². The van der Waals surface area contributed by atoms with Crippen molar-refractivity contribution in [3.63, 3.8) is 0 Å². The first-order chi connectivity index (χ1) is 17.0. The van der Waals surface area contributed by atoms with Gasteiger partial charge in [0.2, 0.25) is 17.6 Å². The summed E-state index contributed by atoms with van der Waals surface area (Å²) in [6.45, 7) is 2.14. The molecule has 2 N–H and O–H groups in total. The van der Waals surface area contributed by atoms with Crippen LogP contribution < -0.4 is 15.4 Å². The minimum Gasteiger partial charge on any atom is -0.497 e. The summed E-state index contributed by atoms with van der Waals surface area (Å²) in [4.78, 5) is 54.4. The Morgan fingerprint density at radius 3 is 2.69 bits per heavy atom. The van der Waals surface area contributed by atoms with Crippen LogP contribution >= 0.6 is 0 Å². The number of nitrogens with one attached hydrogen (secondary N) is 2. The van der Waals surface area contributed by atoms with Gasteiger partial charge in [0.1, 0.15) is 5.75 Å². The zero-order chi connectivity index (χ0) is 24.8. The van der Waals surface area contributed by atoms with Crippen LogP contribution in [0.1, 0.15) is 56.4 Å². The quantitative estimate of drug-likeness (QED) is 0.492. The lowest BCUT2D eigenvalue weighted by atomic mass is 9.88. The van der Waals surface area contributed by atoms with Crippen LogP contribution in [-0.2, 0) is 19.2 Å². The molecule has 3 amide bonds. The van der Waals surface area contributed by atoms with E-state index in [0.29, 0.717) is 44.3 Å². The number of fused-ring (bicyclic) bond motifs is 1. The molecule has 1 aliphatic carbocycles. The normalized spacial score (nSPS) is 19.7. The number of likely N-dealkylation sites (tertiary alicyclic amines) is 1. The Labute approximate surface area is 206 Å². The number of carbonyl (C=O) groups excluding carboxylic acids is 4. The van der Waals surface area contributed by atoms with Crippen molar-refractivity contribution < 1.29 is 23.9 Å². The molecule has 2 aliphatic heterocycles. The van der Waals surface area contributed by atoms with Gasteiger partial charge in [0.25, 0.3) is 5.91 Å². The molecule has 0 bridgehead atoms. The zero-order valence-corrected chi connectivity index (χ0v) is 20.5. The van der Waals surface area contributed by atoms with Gasteiger partial charge in [0.05, 0.1) is 19.6 Å². The molecule has 0 spiro atoms. The van der Waals surface area contributed by atoms with Crippen LogP contribution in [-0.4, -0.2) is 79.7 Å². The molecule has 0 aromatic heterocycles. The van der Waals surface area contributed by atoms with Gasteiger partial charge >= 0.3 is 0 Å². The Balaban J connectivity index is 1.39. The Bertz CT molecular complexity index is 959. The number of ketones is 1. The predicted octanol–water partition coefficient (Wildman–Crippen LogP) is 1.92. The van der Waals surface area contributed by atoms with Gasteiger partial charge in [0, 0.05) is 50.9 Å². The van der Waals surface area contributed by atoms with Crippen molar-refractivity contribution in [2.45, 2.75) is 50.9 Å². The smallest absolute Gasteiger partial charge is 0.291 e. The van der Waals surface area contributed by atoms with Crippen molar-refractivity contribution >= 4 is 29.2 Å². The Morgan fingerprint density at radius 2 is 1.97 bits per heavy atom. The third-order valence-corrected chi connectivity index (χ3v) is 7.36. The molecule has 190 valence electrons. The molecular formula is C26H36N4O5. The average Bonchev–Trinajstić information content (AvgIpc) is 3.48. The van der Waals surface area contributed by atoms with Crippen LogP contribution in [0.15, 0.2) is 18.2 Å². The number of ether oxygens (including phenoxy) is 1. The number of hydrogen-bond donors (Lipinski definition) is 2. The van der Waals surface area contributed by atoms with Crippen LogP contribution in [0.2, 0.25) is 0 Å². The molecule has 9 nitrogen and oxygen atoms in total. The molecule has 1 saturated carbocycles. The molecule has 0 radical (unpaired) electrons. The Hall–Kier alpha value is -3.10. The van der Waals surface area contributed by atoms with Gasteiger partial charge in [-0.25, -0.2) is 0 Å². The van der Waals surface area contributed by atoms with Crippen molar-refractivity contribution in [2.75, 3.05) is 51.7 Å². The lowest BCUT2D eigenvalue weighted by Crippen LogP contribution is -2.48. The summed E-state index contributed by atoms with van der Waals surface area (Å²) in [6.07, 6.45) is 6.83. The molecule has 1 aromatic rings. The second-order valence-corrected chi connectivity index (χ2v) is 9.77. The molecule has 1 aromatic carbocycles. The van der Waals surface area contributed by atoms with Crippen LogP contribution in [0.4, 0.5) is 5.69 Å². The molecule has 3 aliphatic rings. The second-order valence-electron chi connectivity index (χ2n) is 9.77. The summed E-state index contributed by atoms with van der Waals surface area (Å²) in [7, 11) is 1.58. The monoisotopic (exact) mass is 484 g/mol. The fourth-order valence-corrected chi connectivity index (χ4v) is 5.38. The number of anilines is 1. The maximum Gasteiger partial charge on any atom is 0.291 e. The Kier molecular flexibility index (Phi) is 8.25. The molecule has 2 heterocycles. The number of hydrogen-bond acceptors (Lipinski definition) is 6. The number of amides is 3. The summed E-state index contributed by atoms with van der Waals surface area (Å²) < 4.78 is 5.25. The topological polar surface area (TPSA) is 108 Å². The standard InChI is InChI=1S/C26H36N4O5/c1-35-19-9-10-20-21(15-28-22(20)14-19)25(33)26(34)30(16-18-6-3-2-4-7-18)17-23(31)27-11-13-29-12-5-8-24(29)32/h9-10,14,18,21,28H,2-8,11-13,15-17H2,1H3,(H,27,31). The molecule has 35 heavy (non-hydrogen) atoms. The number of rotatable bonds is 10. The fraction of sp³-hybridized carbons (Fsp3) is 0.615. The lowest BCUT2D eigenvalue weighted by Gasteiger charge is -2.29. The SMILES string of the molecule is COc1ccc2c(c1)NCC2C(=O)C(=O)N(CC(=O)NCCN1CCCC1=O)CC1CCCCC1. The number of methoxy groups -OCH3 is 1. The van der Waals surface area contributed by atoms with Crippen LogP contribution in [0.25, 0.3) is 0 Å². The van der Waals surface area contributed by atoms with E-state index >= 15 is 0 Å². The summed E-state index contributed by atoms with van der Waals surface area (Å²) in [5, 5.41) is 6.02. The lowest BCUT2D eigenvalue weighted by molar-refractivity contribution is -0.147. The molecule has 1 saturated heterocycles. The van der Waals surface area contributed by atoms with E-state index in [9.17, 15) is 19.2 Å². The van der Waals surface area contributed by atoms with Crippen molar-refractivity contribution in [2.24, 2.45) is 5.92 Å². The molecule has 9 heteroatoms. The van der Waals surface area contributed by atoms with Gasteiger partial charge in [-0.2, -0.15) is 0 Å². The van der Waals surface area contributed by atoms with Gasteiger partial charge in [0.15, 0.2) is 0 Å². The molecular weight excluding hydrogens is 448 g/mol. The van der Waals surface area contributed by atoms with Crippen LogP contribution in [0.5, 0.6) is 5.75 Å². The number of nitrogens with zero attached hydrogens (tertiary/aromatic N) is 2. The fourth-order valence-electron chi connectivity index (χ4n) is 5.38. The van der Waals surface area contributed by atoms with E-state index in [1.807, 2.05) is 12.1 Å². The zero-order valence-electron chi connectivity index (χ0n) is 20.5. The molecule has 2 fully saturated rings. The van der Waals surface area contributed by atoms with Crippen LogP contribution in [0.3, 0.4) is 0 Å². The Morgan fingerprint density at radius 1 is 1.17 bits per heavy atom. The summed E-state index contributed by atoms with van der Waals surface area (Å²) in [6, 6.07) is 5.43.